The van der Waals surface area contributed by atoms with Gasteiger partial charge in [0, 0.05) is 30.9 Å². The van der Waals surface area contributed by atoms with Crippen LogP contribution in [0.2, 0.25) is 0 Å². The molecule has 0 N–H and O–H groups in total. The number of rotatable bonds is 12. The van der Waals surface area contributed by atoms with Crippen molar-refractivity contribution in [3.63, 3.8) is 0 Å². The van der Waals surface area contributed by atoms with Crippen molar-refractivity contribution in [1.82, 2.24) is 4.90 Å². The molecular weight excluding hydrogens is 254 g/mol. The Morgan fingerprint density at radius 3 is 2.50 bits per heavy atom. The van der Waals surface area contributed by atoms with Gasteiger partial charge in [-0.3, -0.25) is 4.79 Å². The van der Waals surface area contributed by atoms with Crippen LogP contribution >= 0.6 is 12.0 Å². The molecule has 0 radical (unpaired) electrons. The molecule has 5 nitrogen and oxygen atoms in total. The summed E-state index contributed by atoms with van der Waals surface area (Å²) in [5.41, 5.74) is 0. The zero-order valence-electron chi connectivity index (χ0n) is 11.6. The minimum absolute atomic E-state index is 0.0201. The van der Waals surface area contributed by atoms with E-state index in [-0.39, 0.29) is 19.3 Å². The lowest BCUT2D eigenvalue weighted by atomic mass is 10.3. The van der Waals surface area contributed by atoms with E-state index in [4.69, 9.17) is 14.0 Å². The molecule has 0 aromatic heterocycles. The molecule has 0 aliphatic rings. The predicted molar refractivity (Wildman–Crippen MR) is 72.9 cm³/mol. The highest BCUT2D eigenvalue weighted by Crippen LogP contribution is 2.07. The van der Waals surface area contributed by atoms with Gasteiger partial charge >= 0.3 is 0 Å². The summed E-state index contributed by atoms with van der Waals surface area (Å²) < 4.78 is 9.90. The summed E-state index contributed by atoms with van der Waals surface area (Å²) in [7, 11) is 0. The van der Waals surface area contributed by atoms with E-state index in [0.29, 0.717) is 13.1 Å². The molecule has 0 unspecified atom stereocenters. The molecular formula is C12H25NO4S. The SMILES string of the molecule is CCCCCSOOCOCC(=O)N(CC)CC. The average Bonchev–Trinajstić information content (AvgIpc) is 2.38. The standard InChI is InChI=1S/C12H25NO4S/c1-4-7-8-9-18-17-16-11-15-10-12(14)13(5-2)6-3/h4-11H2,1-3H3. The second kappa shape index (κ2) is 13.1. The van der Waals surface area contributed by atoms with Gasteiger partial charge in [-0.1, -0.05) is 19.8 Å². The lowest BCUT2D eigenvalue weighted by Gasteiger charge is -2.18. The fourth-order valence-electron chi connectivity index (χ4n) is 1.33. The lowest BCUT2D eigenvalue weighted by molar-refractivity contribution is -0.254. The van der Waals surface area contributed by atoms with Gasteiger partial charge in [0.15, 0.2) is 6.79 Å². The Hall–Kier alpha value is -0.300. The van der Waals surface area contributed by atoms with Gasteiger partial charge in [-0.15, -0.1) is 0 Å². The molecule has 0 saturated carbocycles. The van der Waals surface area contributed by atoms with Gasteiger partial charge < -0.3 is 9.64 Å². The summed E-state index contributed by atoms with van der Waals surface area (Å²) >= 11 is 1.27. The number of likely N-dealkylation sites (N-methyl/N-ethyl adjacent to an activating group) is 1. The van der Waals surface area contributed by atoms with Crippen LogP contribution in [0.25, 0.3) is 0 Å². The van der Waals surface area contributed by atoms with Gasteiger partial charge in [-0.2, -0.15) is 9.22 Å². The Morgan fingerprint density at radius 1 is 1.17 bits per heavy atom. The van der Waals surface area contributed by atoms with E-state index in [9.17, 15) is 4.79 Å². The molecule has 6 heteroatoms. The lowest BCUT2D eigenvalue weighted by Crippen LogP contribution is -2.33. The number of nitrogens with zero attached hydrogens (tertiary/aromatic N) is 1. The van der Waals surface area contributed by atoms with E-state index < -0.39 is 0 Å². The van der Waals surface area contributed by atoms with Gasteiger partial charge in [-0.25, -0.2) is 0 Å². The molecule has 0 rings (SSSR count). The third-order valence-electron chi connectivity index (χ3n) is 2.40. The van der Waals surface area contributed by atoms with Gasteiger partial charge in [0.1, 0.15) is 6.61 Å². The Kier molecular flexibility index (Phi) is 12.9. The second-order valence-corrected chi connectivity index (χ2v) is 4.53. The van der Waals surface area contributed by atoms with Crippen molar-refractivity contribution in [1.29, 1.82) is 0 Å². The third-order valence-corrected chi connectivity index (χ3v) is 3.05. The largest absolute Gasteiger partial charge is 0.342 e. The normalized spacial score (nSPS) is 10.6. The highest BCUT2D eigenvalue weighted by molar-refractivity contribution is 7.94. The highest BCUT2D eigenvalue weighted by Gasteiger charge is 2.08. The van der Waals surface area contributed by atoms with Crippen LogP contribution in [0.3, 0.4) is 0 Å². The van der Waals surface area contributed by atoms with E-state index >= 15 is 0 Å². The summed E-state index contributed by atoms with van der Waals surface area (Å²) in [4.78, 5) is 18.0. The molecule has 0 bridgehead atoms. The van der Waals surface area contributed by atoms with E-state index in [2.05, 4.69) is 6.92 Å². The molecule has 0 aliphatic carbocycles. The summed E-state index contributed by atoms with van der Waals surface area (Å²) in [5, 5.41) is 0. The number of carbonyl (C=O) groups excluding carboxylic acids is 1. The number of hydrogen-bond donors (Lipinski definition) is 0. The molecule has 0 spiro atoms. The average molecular weight is 279 g/mol. The topological polar surface area (TPSA) is 48.0 Å². The molecule has 0 atom stereocenters. The third kappa shape index (κ3) is 9.70. The smallest absolute Gasteiger partial charge is 0.248 e. The number of unbranched alkanes of at least 4 members (excludes halogenated alkanes) is 2. The van der Waals surface area contributed by atoms with E-state index in [1.807, 2.05) is 13.8 Å². The maximum Gasteiger partial charge on any atom is 0.248 e. The van der Waals surface area contributed by atoms with Crippen LogP contribution in [0.4, 0.5) is 0 Å². The number of amides is 1. The van der Waals surface area contributed by atoms with Crippen molar-refractivity contribution in [2.75, 3.05) is 32.2 Å². The first-order valence-corrected chi connectivity index (χ1v) is 7.43. The zero-order chi connectivity index (χ0) is 13.6. The maximum atomic E-state index is 11.5. The number of ether oxygens (including phenoxy) is 1. The molecule has 1 amide bonds. The number of carbonyl (C=O) groups is 1. The summed E-state index contributed by atoms with van der Waals surface area (Å²) in [6.07, 6.45) is 3.51. The van der Waals surface area contributed by atoms with E-state index in [1.54, 1.807) is 4.90 Å². The molecule has 0 aliphatic heterocycles. The van der Waals surface area contributed by atoms with Gasteiger partial charge in [0.05, 0.1) is 0 Å². The Bertz CT molecular complexity index is 201. The fourth-order valence-corrected chi connectivity index (χ4v) is 1.83. The van der Waals surface area contributed by atoms with E-state index in [0.717, 1.165) is 12.2 Å². The quantitative estimate of drug-likeness (QED) is 0.181. The number of hydrogen-bond acceptors (Lipinski definition) is 5. The minimum Gasteiger partial charge on any atom is -0.342 e. The molecule has 0 aromatic rings. The highest BCUT2D eigenvalue weighted by atomic mass is 32.2. The van der Waals surface area contributed by atoms with Crippen molar-refractivity contribution in [2.45, 2.75) is 40.0 Å². The van der Waals surface area contributed by atoms with Crippen LogP contribution in [0.15, 0.2) is 0 Å². The maximum absolute atomic E-state index is 11.5. The molecule has 0 aromatic carbocycles. The van der Waals surface area contributed by atoms with E-state index in [1.165, 1.54) is 24.9 Å². The summed E-state index contributed by atoms with van der Waals surface area (Å²) in [6, 6.07) is 0. The summed E-state index contributed by atoms with van der Waals surface area (Å²) in [6.45, 7) is 7.44. The molecule has 0 heterocycles. The first-order valence-electron chi connectivity index (χ1n) is 6.52. The molecule has 108 valence electrons. The first-order chi connectivity index (χ1) is 8.76. The summed E-state index contributed by atoms with van der Waals surface area (Å²) in [5.74, 6) is 0.880. The van der Waals surface area contributed by atoms with Crippen molar-refractivity contribution >= 4 is 17.9 Å². The van der Waals surface area contributed by atoms with Crippen LogP contribution in [0, 0.1) is 0 Å². The fraction of sp³-hybridized carbons (Fsp3) is 0.917. The van der Waals surface area contributed by atoms with Gasteiger partial charge in [0.25, 0.3) is 0 Å². The monoisotopic (exact) mass is 279 g/mol. The van der Waals surface area contributed by atoms with Crippen molar-refractivity contribution in [3.05, 3.63) is 0 Å². The van der Waals surface area contributed by atoms with Gasteiger partial charge in [0.2, 0.25) is 5.91 Å². The van der Waals surface area contributed by atoms with Crippen molar-refractivity contribution in [2.24, 2.45) is 0 Å². The second-order valence-electron chi connectivity index (χ2n) is 3.75. The first kappa shape index (κ1) is 17.7. The molecule has 0 fully saturated rings. The molecule has 18 heavy (non-hydrogen) atoms. The molecule has 0 saturated heterocycles. The van der Waals surface area contributed by atoms with Crippen molar-refractivity contribution < 1.29 is 18.8 Å². The Balaban J connectivity index is 3.27. The van der Waals surface area contributed by atoms with Crippen LogP contribution in [0.1, 0.15) is 40.0 Å². The van der Waals surface area contributed by atoms with Crippen molar-refractivity contribution in [3.8, 4) is 0 Å². The predicted octanol–water partition coefficient (Wildman–Crippen LogP) is 2.62. The Morgan fingerprint density at radius 2 is 1.89 bits per heavy atom. The van der Waals surface area contributed by atoms with Gasteiger partial charge in [-0.05, 0) is 20.3 Å². The van der Waals surface area contributed by atoms with Crippen LogP contribution in [-0.4, -0.2) is 43.0 Å². The Labute approximate surface area is 114 Å². The zero-order valence-corrected chi connectivity index (χ0v) is 12.5. The van der Waals surface area contributed by atoms with Crippen LogP contribution < -0.4 is 0 Å². The minimum atomic E-state index is -0.0285. The van der Waals surface area contributed by atoms with Crippen LogP contribution in [0.5, 0.6) is 0 Å². The van der Waals surface area contributed by atoms with Crippen LogP contribution in [-0.2, 0) is 18.8 Å².